The highest BCUT2D eigenvalue weighted by molar-refractivity contribution is 7.25. The Morgan fingerprint density at radius 3 is 1.71 bits per heavy atom. The monoisotopic (exact) mass is 857 g/mol. The van der Waals surface area contributed by atoms with E-state index in [1.807, 2.05) is 11.3 Å². The van der Waals surface area contributed by atoms with Gasteiger partial charge in [-0.1, -0.05) is 152 Å². The second-order valence-corrected chi connectivity index (χ2v) is 18.6. The molecule has 306 valence electrons. The SMILES string of the molecule is c1ccc2cc3c(cc2c1)c1ccccc1n3-c1ccc2c(c1-c1nc(-c3ccc4c(c3)sc3ccccc34)nc(-n3c4ccccc4c4ccccc43)n1)Cc1c-2ccc2ccccc12. The van der Waals surface area contributed by atoms with Gasteiger partial charge in [-0.05, 0) is 92.3 Å². The van der Waals surface area contributed by atoms with Crippen molar-refractivity contribution in [2.24, 2.45) is 0 Å². The van der Waals surface area contributed by atoms with E-state index in [4.69, 9.17) is 15.0 Å². The van der Waals surface area contributed by atoms with Crippen molar-refractivity contribution >= 4 is 96.7 Å². The molecule has 0 unspecified atom stereocenters. The molecule has 6 heteroatoms. The summed E-state index contributed by atoms with van der Waals surface area (Å²) in [5, 5.41) is 12.2. The average Bonchev–Trinajstić information content (AvgIpc) is 4.13. The van der Waals surface area contributed by atoms with E-state index in [1.54, 1.807) is 0 Å². The van der Waals surface area contributed by atoms with E-state index in [0.29, 0.717) is 17.6 Å². The van der Waals surface area contributed by atoms with E-state index in [-0.39, 0.29) is 0 Å². The van der Waals surface area contributed by atoms with E-state index in [2.05, 4.69) is 209 Å². The molecule has 10 aromatic carbocycles. The van der Waals surface area contributed by atoms with Gasteiger partial charge in [0.05, 0.1) is 27.8 Å². The van der Waals surface area contributed by atoms with Crippen molar-refractivity contribution in [3.63, 3.8) is 0 Å². The number of benzene rings is 10. The lowest BCUT2D eigenvalue weighted by Gasteiger charge is -2.18. The molecular weight excluding hydrogens is 823 g/mol. The quantitative estimate of drug-likeness (QED) is 0.177. The molecule has 0 spiro atoms. The molecule has 66 heavy (non-hydrogen) atoms. The number of rotatable bonds is 4. The summed E-state index contributed by atoms with van der Waals surface area (Å²) in [6.45, 7) is 0. The molecule has 0 N–H and O–H groups in total. The fraction of sp³-hybridized carbons (Fsp3) is 0.0167. The average molecular weight is 858 g/mol. The van der Waals surface area contributed by atoms with Crippen molar-refractivity contribution in [3.05, 3.63) is 211 Å². The van der Waals surface area contributed by atoms with Gasteiger partial charge in [0.15, 0.2) is 11.6 Å². The van der Waals surface area contributed by atoms with Crippen LogP contribution in [0.1, 0.15) is 11.1 Å². The van der Waals surface area contributed by atoms with Gasteiger partial charge in [-0.15, -0.1) is 11.3 Å². The first-order valence-corrected chi connectivity index (χ1v) is 23.3. The molecule has 0 radical (unpaired) electrons. The number of hydrogen-bond donors (Lipinski definition) is 0. The number of hydrogen-bond acceptors (Lipinski definition) is 4. The third-order valence-corrected chi connectivity index (χ3v) is 15.2. The summed E-state index contributed by atoms with van der Waals surface area (Å²) in [6.07, 6.45) is 0.745. The number of para-hydroxylation sites is 3. The first-order chi connectivity index (χ1) is 32.7. The van der Waals surface area contributed by atoms with Crippen LogP contribution in [0.5, 0.6) is 0 Å². The summed E-state index contributed by atoms with van der Waals surface area (Å²) < 4.78 is 7.16. The Morgan fingerprint density at radius 2 is 0.939 bits per heavy atom. The molecule has 4 heterocycles. The summed E-state index contributed by atoms with van der Waals surface area (Å²) in [5.74, 6) is 1.86. The molecule has 1 aliphatic rings. The molecule has 0 bridgehead atoms. The van der Waals surface area contributed by atoms with Gasteiger partial charge in [-0.25, -0.2) is 4.98 Å². The van der Waals surface area contributed by atoms with Crippen molar-refractivity contribution in [3.8, 4) is 45.5 Å². The molecule has 0 aliphatic heterocycles. The Morgan fingerprint density at radius 1 is 0.364 bits per heavy atom. The lowest BCUT2D eigenvalue weighted by Crippen LogP contribution is -2.09. The number of thiophene rings is 1. The predicted molar refractivity (Wildman–Crippen MR) is 276 cm³/mol. The molecule has 14 aromatic rings. The Balaban J connectivity index is 1.08. The van der Waals surface area contributed by atoms with E-state index in [9.17, 15) is 0 Å². The van der Waals surface area contributed by atoms with Crippen molar-refractivity contribution in [2.75, 3.05) is 0 Å². The largest absolute Gasteiger partial charge is 0.308 e. The highest BCUT2D eigenvalue weighted by atomic mass is 32.1. The summed E-state index contributed by atoms with van der Waals surface area (Å²) in [4.78, 5) is 16.8. The van der Waals surface area contributed by atoms with Crippen molar-refractivity contribution in [2.45, 2.75) is 6.42 Å². The Hall–Kier alpha value is -8.45. The van der Waals surface area contributed by atoms with Crippen LogP contribution in [0.4, 0.5) is 0 Å². The Kier molecular flexibility index (Phi) is 7.37. The minimum Gasteiger partial charge on any atom is -0.308 e. The number of aromatic nitrogens is 5. The zero-order valence-corrected chi connectivity index (χ0v) is 36.2. The second-order valence-electron chi connectivity index (χ2n) is 17.5. The van der Waals surface area contributed by atoms with E-state index in [1.165, 1.54) is 74.7 Å². The number of nitrogens with zero attached hydrogens (tertiary/aromatic N) is 5. The third-order valence-electron chi connectivity index (χ3n) is 14.0. The zero-order valence-electron chi connectivity index (χ0n) is 35.4. The smallest absolute Gasteiger partial charge is 0.238 e. The maximum atomic E-state index is 5.68. The summed E-state index contributed by atoms with van der Waals surface area (Å²) >= 11 is 1.81. The summed E-state index contributed by atoms with van der Waals surface area (Å²) in [7, 11) is 0. The van der Waals surface area contributed by atoms with Gasteiger partial charge in [0, 0.05) is 59.3 Å². The first kappa shape index (κ1) is 35.9. The van der Waals surface area contributed by atoms with Crippen LogP contribution in [0.2, 0.25) is 0 Å². The van der Waals surface area contributed by atoms with E-state index < -0.39 is 0 Å². The highest BCUT2D eigenvalue weighted by Gasteiger charge is 2.30. The molecule has 4 aromatic heterocycles. The minimum atomic E-state index is 0.585. The van der Waals surface area contributed by atoms with Gasteiger partial charge in [-0.3, -0.25) is 4.57 Å². The van der Waals surface area contributed by atoms with Crippen LogP contribution in [0, 0.1) is 0 Å². The summed E-state index contributed by atoms with van der Waals surface area (Å²) in [5.41, 5.74) is 12.4. The molecular formula is C60H35N5S. The van der Waals surface area contributed by atoms with Crippen LogP contribution < -0.4 is 0 Å². The van der Waals surface area contributed by atoms with Crippen LogP contribution in [0.25, 0.3) is 131 Å². The van der Waals surface area contributed by atoms with Gasteiger partial charge in [0.25, 0.3) is 0 Å². The maximum absolute atomic E-state index is 5.68. The zero-order chi connectivity index (χ0) is 43.0. The standard InChI is InChI=1S/C60H35N5S/c1-2-15-37-32-54-48(31-36(37)14-1)44-19-7-9-21-50(44)64(54)53-30-29-41-40-27-25-35-13-3-4-16-39(35)47(40)34-49(41)57(53)59-61-58(38-26-28-46-45-20-8-12-24-55(45)66-56(46)33-38)62-60(63-59)65-51-22-10-5-17-42(51)43-18-6-11-23-52(43)65/h1-33H,34H2. The van der Waals surface area contributed by atoms with Crippen molar-refractivity contribution in [1.82, 2.24) is 24.1 Å². The second kappa shape index (κ2) is 13.5. The van der Waals surface area contributed by atoms with Crippen molar-refractivity contribution in [1.29, 1.82) is 0 Å². The van der Waals surface area contributed by atoms with Gasteiger partial charge >= 0.3 is 0 Å². The molecule has 15 rings (SSSR count). The van der Waals surface area contributed by atoms with Crippen LogP contribution in [-0.2, 0) is 6.42 Å². The third kappa shape index (κ3) is 5.07. The van der Waals surface area contributed by atoms with Crippen LogP contribution >= 0.6 is 11.3 Å². The fourth-order valence-corrected chi connectivity index (χ4v) is 12.2. The van der Waals surface area contributed by atoms with Gasteiger partial charge in [-0.2, -0.15) is 9.97 Å². The topological polar surface area (TPSA) is 48.5 Å². The Labute approximate surface area is 382 Å². The van der Waals surface area contributed by atoms with E-state index >= 15 is 0 Å². The fourth-order valence-electron chi connectivity index (χ4n) is 11.1. The van der Waals surface area contributed by atoms with Crippen molar-refractivity contribution < 1.29 is 0 Å². The molecule has 1 aliphatic carbocycles. The lowest BCUT2D eigenvalue weighted by molar-refractivity contribution is 0.950. The molecule has 0 saturated heterocycles. The first-order valence-electron chi connectivity index (χ1n) is 22.5. The van der Waals surface area contributed by atoms with E-state index in [0.717, 1.165) is 56.1 Å². The molecule has 0 fully saturated rings. The Bertz CT molecular complexity index is 4340. The van der Waals surface area contributed by atoms with Gasteiger partial charge in [0.1, 0.15) is 0 Å². The minimum absolute atomic E-state index is 0.585. The maximum Gasteiger partial charge on any atom is 0.238 e. The molecule has 5 nitrogen and oxygen atoms in total. The van der Waals surface area contributed by atoms with Crippen LogP contribution in [-0.4, -0.2) is 24.1 Å². The molecule has 0 amide bonds. The molecule has 0 saturated carbocycles. The lowest BCUT2D eigenvalue weighted by atomic mass is 9.98. The number of fused-ring (bicyclic) bond motifs is 15. The summed E-state index contributed by atoms with van der Waals surface area (Å²) in [6, 6.07) is 72.7. The van der Waals surface area contributed by atoms with Crippen LogP contribution in [0.15, 0.2) is 200 Å². The normalized spacial score (nSPS) is 12.5. The van der Waals surface area contributed by atoms with Crippen LogP contribution in [0.3, 0.4) is 0 Å². The van der Waals surface area contributed by atoms with Gasteiger partial charge < -0.3 is 4.57 Å². The highest BCUT2D eigenvalue weighted by Crippen LogP contribution is 2.48. The molecule has 0 atom stereocenters. The van der Waals surface area contributed by atoms with Gasteiger partial charge in [0.2, 0.25) is 5.95 Å². The predicted octanol–water partition coefficient (Wildman–Crippen LogP) is 15.6.